The van der Waals surface area contributed by atoms with Crippen LogP contribution in [0.2, 0.25) is 0 Å². The Labute approximate surface area is 127 Å². The van der Waals surface area contributed by atoms with Gasteiger partial charge in [-0.25, -0.2) is 0 Å². The quantitative estimate of drug-likeness (QED) is 0.796. The molecule has 0 radical (unpaired) electrons. The Bertz CT molecular complexity index is 785. The summed E-state index contributed by atoms with van der Waals surface area (Å²) < 4.78 is 18.1. The molecule has 0 aliphatic heterocycles. The SMILES string of the molecule is COc1cccc(OC)c1-n1c(N)nnc1-c1ccc(C)o1. The average Bonchev–Trinajstić information content (AvgIpc) is 3.12. The maximum Gasteiger partial charge on any atom is 0.227 e. The molecule has 0 unspecified atom stereocenters. The number of aromatic nitrogens is 3. The van der Waals surface area contributed by atoms with E-state index in [0.717, 1.165) is 5.76 Å². The number of nitrogens with two attached hydrogens (primary N) is 1. The first-order valence-electron chi connectivity index (χ1n) is 6.64. The maximum atomic E-state index is 6.00. The fourth-order valence-electron chi connectivity index (χ4n) is 2.28. The van der Waals surface area contributed by atoms with E-state index in [1.54, 1.807) is 18.8 Å². The van der Waals surface area contributed by atoms with Crippen LogP contribution in [-0.4, -0.2) is 29.0 Å². The Morgan fingerprint density at radius 1 is 1.05 bits per heavy atom. The molecule has 0 bridgehead atoms. The van der Waals surface area contributed by atoms with Gasteiger partial charge in [0, 0.05) is 0 Å². The molecule has 3 aromatic rings. The van der Waals surface area contributed by atoms with Gasteiger partial charge in [-0.05, 0) is 31.2 Å². The van der Waals surface area contributed by atoms with Crippen molar-refractivity contribution in [3.8, 4) is 28.8 Å². The van der Waals surface area contributed by atoms with Gasteiger partial charge in [-0.1, -0.05) is 6.07 Å². The number of hydrogen-bond donors (Lipinski definition) is 1. The van der Waals surface area contributed by atoms with Crippen molar-refractivity contribution in [3.63, 3.8) is 0 Å². The van der Waals surface area contributed by atoms with Crippen molar-refractivity contribution in [2.24, 2.45) is 0 Å². The van der Waals surface area contributed by atoms with Gasteiger partial charge in [-0.2, -0.15) is 0 Å². The number of ether oxygens (including phenoxy) is 2. The van der Waals surface area contributed by atoms with Gasteiger partial charge in [0.15, 0.2) is 5.76 Å². The smallest absolute Gasteiger partial charge is 0.227 e. The Kier molecular flexibility index (Phi) is 3.46. The number of nitrogen functional groups attached to an aromatic ring is 1. The third-order valence-electron chi connectivity index (χ3n) is 3.27. The Hall–Kier alpha value is -2.96. The summed E-state index contributed by atoms with van der Waals surface area (Å²) in [6, 6.07) is 9.13. The van der Waals surface area contributed by atoms with Crippen molar-refractivity contribution in [1.82, 2.24) is 14.8 Å². The largest absolute Gasteiger partial charge is 0.494 e. The van der Waals surface area contributed by atoms with E-state index in [2.05, 4.69) is 10.2 Å². The van der Waals surface area contributed by atoms with Gasteiger partial charge >= 0.3 is 0 Å². The molecule has 114 valence electrons. The highest BCUT2D eigenvalue weighted by Crippen LogP contribution is 2.36. The molecule has 2 N–H and O–H groups in total. The van der Waals surface area contributed by atoms with E-state index in [9.17, 15) is 0 Å². The van der Waals surface area contributed by atoms with Crippen molar-refractivity contribution < 1.29 is 13.9 Å². The molecular formula is C15H16N4O3. The molecule has 2 heterocycles. The molecule has 0 aliphatic rings. The molecule has 0 spiro atoms. The van der Waals surface area contributed by atoms with Gasteiger partial charge in [-0.3, -0.25) is 4.57 Å². The third-order valence-corrected chi connectivity index (χ3v) is 3.27. The van der Waals surface area contributed by atoms with E-state index < -0.39 is 0 Å². The van der Waals surface area contributed by atoms with Crippen LogP contribution >= 0.6 is 0 Å². The molecule has 0 aliphatic carbocycles. The van der Waals surface area contributed by atoms with Crippen LogP contribution in [0.4, 0.5) is 5.95 Å². The van der Waals surface area contributed by atoms with E-state index in [-0.39, 0.29) is 5.95 Å². The number of rotatable bonds is 4. The summed E-state index contributed by atoms with van der Waals surface area (Å²) >= 11 is 0. The summed E-state index contributed by atoms with van der Waals surface area (Å²) in [5.74, 6) is 3.22. The summed E-state index contributed by atoms with van der Waals surface area (Å²) in [6.07, 6.45) is 0. The fraction of sp³-hybridized carbons (Fsp3) is 0.200. The minimum atomic E-state index is 0.215. The summed E-state index contributed by atoms with van der Waals surface area (Å²) in [5, 5.41) is 8.06. The second kappa shape index (κ2) is 5.44. The van der Waals surface area contributed by atoms with Crippen molar-refractivity contribution in [2.75, 3.05) is 20.0 Å². The topological polar surface area (TPSA) is 88.3 Å². The first kappa shape index (κ1) is 14.0. The zero-order valence-corrected chi connectivity index (χ0v) is 12.5. The number of hydrogen-bond acceptors (Lipinski definition) is 6. The summed E-state index contributed by atoms with van der Waals surface area (Å²) in [7, 11) is 3.16. The molecule has 7 nitrogen and oxygen atoms in total. The van der Waals surface area contributed by atoms with Crippen LogP contribution < -0.4 is 15.2 Å². The van der Waals surface area contributed by atoms with E-state index in [1.807, 2.05) is 37.3 Å². The number of furan rings is 1. The molecule has 3 rings (SSSR count). The van der Waals surface area contributed by atoms with Crippen LogP contribution in [0.1, 0.15) is 5.76 Å². The normalized spacial score (nSPS) is 10.7. The molecule has 0 fully saturated rings. The molecule has 1 aromatic carbocycles. The molecule has 22 heavy (non-hydrogen) atoms. The number of methoxy groups -OCH3 is 2. The molecule has 2 aromatic heterocycles. The zero-order chi connectivity index (χ0) is 15.7. The summed E-state index contributed by atoms with van der Waals surface area (Å²) in [4.78, 5) is 0. The van der Waals surface area contributed by atoms with Crippen LogP contribution in [0, 0.1) is 6.92 Å². The maximum absolute atomic E-state index is 6.00. The average molecular weight is 300 g/mol. The number of benzene rings is 1. The van der Waals surface area contributed by atoms with Crippen LogP contribution in [-0.2, 0) is 0 Å². The molecule has 0 saturated carbocycles. The van der Waals surface area contributed by atoms with Gasteiger partial charge < -0.3 is 19.6 Å². The summed E-state index contributed by atoms with van der Waals surface area (Å²) in [6.45, 7) is 1.86. The van der Waals surface area contributed by atoms with Crippen molar-refractivity contribution in [1.29, 1.82) is 0 Å². The standard InChI is InChI=1S/C15H16N4O3/c1-9-7-8-12(22-9)14-17-18-15(16)19(14)13-10(20-2)5-4-6-11(13)21-3/h4-8H,1-3H3,(H2,16,18). The van der Waals surface area contributed by atoms with Crippen molar-refractivity contribution >= 4 is 5.95 Å². The lowest BCUT2D eigenvalue weighted by Gasteiger charge is -2.15. The van der Waals surface area contributed by atoms with Gasteiger partial charge in [0.25, 0.3) is 0 Å². The lowest BCUT2D eigenvalue weighted by atomic mass is 10.2. The van der Waals surface area contributed by atoms with E-state index >= 15 is 0 Å². The molecule has 0 saturated heterocycles. The zero-order valence-electron chi connectivity index (χ0n) is 12.5. The van der Waals surface area contributed by atoms with Crippen LogP contribution in [0.25, 0.3) is 17.3 Å². The monoisotopic (exact) mass is 300 g/mol. The number of para-hydroxylation sites is 1. The molecule has 7 heteroatoms. The second-order valence-electron chi connectivity index (χ2n) is 4.64. The highest BCUT2D eigenvalue weighted by molar-refractivity contribution is 5.65. The minimum Gasteiger partial charge on any atom is -0.494 e. The van der Waals surface area contributed by atoms with E-state index in [1.165, 1.54) is 0 Å². The molecular weight excluding hydrogens is 284 g/mol. The van der Waals surface area contributed by atoms with Crippen molar-refractivity contribution in [3.05, 3.63) is 36.1 Å². The van der Waals surface area contributed by atoms with Crippen molar-refractivity contribution in [2.45, 2.75) is 6.92 Å². The van der Waals surface area contributed by atoms with Crippen LogP contribution in [0.15, 0.2) is 34.7 Å². The van der Waals surface area contributed by atoms with E-state index in [4.69, 9.17) is 19.6 Å². The molecule has 0 amide bonds. The second-order valence-corrected chi connectivity index (χ2v) is 4.64. The lowest BCUT2D eigenvalue weighted by Crippen LogP contribution is -2.06. The lowest BCUT2D eigenvalue weighted by molar-refractivity contribution is 0.391. The fourth-order valence-corrected chi connectivity index (χ4v) is 2.28. The van der Waals surface area contributed by atoms with Crippen LogP contribution in [0.3, 0.4) is 0 Å². The van der Waals surface area contributed by atoms with Gasteiger partial charge in [0.2, 0.25) is 11.8 Å². The van der Waals surface area contributed by atoms with Gasteiger partial charge in [0.05, 0.1) is 14.2 Å². The van der Waals surface area contributed by atoms with E-state index in [0.29, 0.717) is 28.8 Å². The Morgan fingerprint density at radius 3 is 2.27 bits per heavy atom. The predicted molar refractivity (Wildman–Crippen MR) is 81.3 cm³/mol. The van der Waals surface area contributed by atoms with Gasteiger partial charge in [0.1, 0.15) is 22.9 Å². The highest BCUT2D eigenvalue weighted by Gasteiger charge is 2.22. The Balaban J connectivity index is 2.28. The first-order chi connectivity index (χ1) is 10.7. The first-order valence-corrected chi connectivity index (χ1v) is 6.64. The number of anilines is 1. The minimum absolute atomic E-state index is 0.215. The highest BCUT2D eigenvalue weighted by atomic mass is 16.5. The number of nitrogens with zero attached hydrogens (tertiary/aromatic N) is 3. The van der Waals surface area contributed by atoms with Crippen LogP contribution in [0.5, 0.6) is 11.5 Å². The predicted octanol–water partition coefficient (Wildman–Crippen LogP) is 2.44. The summed E-state index contributed by atoms with van der Waals surface area (Å²) in [5.41, 5.74) is 6.63. The molecule has 0 atom stereocenters. The van der Waals surface area contributed by atoms with Gasteiger partial charge in [-0.15, -0.1) is 10.2 Å². The Morgan fingerprint density at radius 2 is 1.73 bits per heavy atom. The third kappa shape index (κ3) is 2.16. The number of aryl methyl sites for hydroxylation is 1.